The Labute approximate surface area is 129 Å². The van der Waals surface area contributed by atoms with Gasteiger partial charge in [-0.3, -0.25) is 0 Å². The Morgan fingerprint density at radius 2 is 1.95 bits per heavy atom. The number of fused-ring (bicyclic) bond motifs is 1. The summed E-state index contributed by atoms with van der Waals surface area (Å²) >= 11 is 0. The van der Waals surface area contributed by atoms with Crippen molar-refractivity contribution in [1.82, 2.24) is 9.88 Å². The van der Waals surface area contributed by atoms with Crippen LogP contribution in [0.1, 0.15) is 52.0 Å². The number of rotatable bonds is 9. The molecule has 21 heavy (non-hydrogen) atoms. The van der Waals surface area contributed by atoms with Gasteiger partial charge in [0.2, 0.25) is 0 Å². The predicted octanol–water partition coefficient (Wildman–Crippen LogP) is 4.97. The first kappa shape index (κ1) is 16.1. The van der Waals surface area contributed by atoms with Gasteiger partial charge in [0.25, 0.3) is 0 Å². The molecule has 0 aliphatic heterocycles. The standard InChI is InChI=1S/C19H30N2/c1-4-5-6-7-11-21-12-10-18-13-17(8-9-19(18)21)15-20-14-16(2)3/h8-10,12-13,16,20H,4-7,11,14-15H2,1-3H3. The Hall–Kier alpha value is -1.28. The summed E-state index contributed by atoms with van der Waals surface area (Å²) in [6, 6.07) is 9.12. The number of benzene rings is 1. The van der Waals surface area contributed by atoms with Crippen LogP contribution in [0.2, 0.25) is 0 Å². The van der Waals surface area contributed by atoms with Gasteiger partial charge in [0.05, 0.1) is 0 Å². The van der Waals surface area contributed by atoms with Gasteiger partial charge in [-0.25, -0.2) is 0 Å². The Morgan fingerprint density at radius 3 is 2.71 bits per heavy atom. The summed E-state index contributed by atoms with van der Waals surface area (Å²) in [7, 11) is 0. The third-order valence-corrected chi connectivity index (χ3v) is 3.97. The van der Waals surface area contributed by atoms with Crippen LogP contribution in [0.5, 0.6) is 0 Å². The number of nitrogens with zero attached hydrogens (tertiary/aromatic N) is 1. The van der Waals surface area contributed by atoms with E-state index in [1.54, 1.807) is 0 Å². The molecule has 0 bridgehead atoms. The third-order valence-electron chi connectivity index (χ3n) is 3.97. The molecule has 1 N–H and O–H groups in total. The summed E-state index contributed by atoms with van der Waals surface area (Å²) in [5.74, 6) is 0.706. The van der Waals surface area contributed by atoms with Crippen molar-refractivity contribution >= 4 is 10.9 Å². The lowest BCUT2D eigenvalue weighted by Gasteiger charge is -2.09. The van der Waals surface area contributed by atoms with Crippen LogP contribution in [-0.2, 0) is 13.1 Å². The van der Waals surface area contributed by atoms with Crippen molar-refractivity contribution in [2.75, 3.05) is 6.54 Å². The molecule has 0 atom stereocenters. The largest absolute Gasteiger partial charge is 0.347 e. The van der Waals surface area contributed by atoms with Crippen LogP contribution in [0.3, 0.4) is 0 Å². The fraction of sp³-hybridized carbons (Fsp3) is 0.579. The molecular weight excluding hydrogens is 256 g/mol. The molecule has 0 spiro atoms. The van der Waals surface area contributed by atoms with Crippen molar-refractivity contribution < 1.29 is 0 Å². The highest BCUT2D eigenvalue weighted by Gasteiger charge is 2.02. The van der Waals surface area contributed by atoms with Crippen LogP contribution in [0.15, 0.2) is 30.5 Å². The molecule has 2 heteroatoms. The highest BCUT2D eigenvalue weighted by molar-refractivity contribution is 5.80. The molecule has 1 heterocycles. The van der Waals surface area contributed by atoms with Crippen LogP contribution in [0, 0.1) is 5.92 Å². The minimum atomic E-state index is 0.706. The molecule has 0 unspecified atom stereocenters. The highest BCUT2D eigenvalue weighted by atomic mass is 14.9. The van der Waals surface area contributed by atoms with E-state index in [4.69, 9.17) is 0 Å². The zero-order chi connectivity index (χ0) is 15.1. The first-order valence-electron chi connectivity index (χ1n) is 8.49. The minimum Gasteiger partial charge on any atom is -0.347 e. The van der Waals surface area contributed by atoms with Crippen LogP contribution in [0.25, 0.3) is 10.9 Å². The summed E-state index contributed by atoms with van der Waals surface area (Å²) in [6.45, 7) is 9.95. The molecule has 2 rings (SSSR count). The molecule has 2 aromatic rings. The van der Waals surface area contributed by atoms with Crippen LogP contribution >= 0.6 is 0 Å². The molecule has 0 fully saturated rings. The number of unbranched alkanes of at least 4 members (excludes halogenated alkanes) is 3. The van der Waals surface area contributed by atoms with Gasteiger partial charge in [-0.05, 0) is 48.0 Å². The van der Waals surface area contributed by atoms with Crippen LogP contribution in [-0.4, -0.2) is 11.1 Å². The predicted molar refractivity (Wildman–Crippen MR) is 92.6 cm³/mol. The maximum atomic E-state index is 3.51. The van der Waals surface area contributed by atoms with E-state index in [1.807, 2.05) is 0 Å². The van der Waals surface area contributed by atoms with Crippen LogP contribution in [0.4, 0.5) is 0 Å². The molecule has 0 amide bonds. The molecule has 1 aromatic heterocycles. The van der Waals surface area contributed by atoms with E-state index in [-0.39, 0.29) is 0 Å². The Kier molecular flexibility index (Phi) is 6.31. The average molecular weight is 286 g/mol. The van der Waals surface area contributed by atoms with Crippen LogP contribution < -0.4 is 5.32 Å². The van der Waals surface area contributed by atoms with E-state index in [0.29, 0.717) is 5.92 Å². The van der Waals surface area contributed by atoms with E-state index in [1.165, 1.54) is 42.1 Å². The molecule has 0 radical (unpaired) electrons. The van der Waals surface area contributed by atoms with Gasteiger partial charge >= 0.3 is 0 Å². The molecule has 0 saturated heterocycles. The quantitative estimate of drug-likeness (QED) is 0.644. The lowest BCUT2D eigenvalue weighted by Crippen LogP contribution is -2.18. The summed E-state index contributed by atoms with van der Waals surface area (Å²) in [6.07, 6.45) is 7.52. The van der Waals surface area contributed by atoms with Crippen molar-refractivity contribution in [2.45, 2.75) is 59.5 Å². The van der Waals surface area contributed by atoms with E-state index in [9.17, 15) is 0 Å². The maximum absolute atomic E-state index is 3.51. The Morgan fingerprint density at radius 1 is 1.10 bits per heavy atom. The molecular formula is C19H30N2. The molecule has 2 nitrogen and oxygen atoms in total. The van der Waals surface area contributed by atoms with Gasteiger partial charge in [-0.1, -0.05) is 46.1 Å². The van der Waals surface area contributed by atoms with Crippen molar-refractivity contribution in [3.05, 3.63) is 36.0 Å². The second-order valence-electron chi connectivity index (χ2n) is 6.49. The van der Waals surface area contributed by atoms with E-state index < -0.39 is 0 Å². The number of hydrogen-bond acceptors (Lipinski definition) is 1. The summed E-state index contributed by atoms with van der Waals surface area (Å²) < 4.78 is 2.40. The second-order valence-corrected chi connectivity index (χ2v) is 6.49. The average Bonchev–Trinajstić information content (AvgIpc) is 2.86. The van der Waals surface area contributed by atoms with Crippen molar-refractivity contribution in [2.24, 2.45) is 5.92 Å². The SMILES string of the molecule is CCCCCCn1ccc2cc(CNCC(C)C)ccc21. The third kappa shape index (κ3) is 4.89. The molecule has 0 aliphatic carbocycles. The molecule has 0 saturated carbocycles. The fourth-order valence-corrected chi connectivity index (χ4v) is 2.77. The highest BCUT2D eigenvalue weighted by Crippen LogP contribution is 2.18. The van der Waals surface area contributed by atoms with Gasteiger partial charge in [0, 0.05) is 24.8 Å². The lowest BCUT2D eigenvalue weighted by molar-refractivity contribution is 0.552. The van der Waals surface area contributed by atoms with Crippen molar-refractivity contribution in [3.8, 4) is 0 Å². The second kappa shape index (κ2) is 8.23. The fourth-order valence-electron chi connectivity index (χ4n) is 2.77. The van der Waals surface area contributed by atoms with Crippen molar-refractivity contribution in [1.29, 1.82) is 0 Å². The molecule has 116 valence electrons. The number of hydrogen-bond donors (Lipinski definition) is 1. The minimum absolute atomic E-state index is 0.706. The molecule has 0 aliphatic rings. The number of aryl methyl sites for hydroxylation is 1. The number of nitrogens with one attached hydrogen (secondary N) is 1. The van der Waals surface area contributed by atoms with E-state index in [2.05, 4.69) is 61.1 Å². The topological polar surface area (TPSA) is 17.0 Å². The zero-order valence-electron chi connectivity index (χ0n) is 13.9. The zero-order valence-corrected chi connectivity index (χ0v) is 13.9. The van der Waals surface area contributed by atoms with Crippen molar-refractivity contribution in [3.63, 3.8) is 0 Å². The van der Waals surface area contributed by atoms with Gasteiger partial charge < -0.3 is 9.88 Å². The lowest BCUT2D eigenvalue weighted by atomic mass is 10.1. The van der Waals surface area contributed by atoms with Gasteiger partial charge in [0.1, 0.15) is 0 Å². The van der Waals surface area contributed by atoms with E-state index >= 15 is 0 Å². The molecule has 1 aromatic carbocycles. The smallest absolute Gasteiger partial charge is 0.0480 e. The van der Waals surface area contributed by atoms with Gasteiger partial charge in [-0.2, -0.15) is 0 Å². The number of aromatic nitrogens is 1. The Balaban J connectivity index is 1.94. The van der Waals surface area contributed by atoms with Gasteiger partial charge in [-0.15, -0.1) is 0 Å². The normalized spacial score (nSPS) is 11.6. The summed E-state index contributed by atoms with van der Waals surface area (Å²) in [5.41, 5.74) is 2.76. The van der Waals surface area contributed by atoms with E-state index in [0.717, 1.165) is 19.6 Å². The monoisotopic (exact) mass is 286 g/mol. The summed E-state index contributed by atoms with van der Waals surface area (Å²) in [4.78, 5) is 0. The first-order valence-corrected chi connectivity index (χ1v) is 8.49. The summed E-state index contributed by atoms with van der Waals surface area (Å²) in [5, 5.41) is 4.88. The Bertz CT molecular complexity index is 539. The maximum Gasteiger partial charge on any atom is 0.0480 e. The first-order chi connectivity index (χ1) is 10.2. The van der Waals surface area contributed by atoms with Gasteiger partial charge in [0.15, 0.2) is 0 Å².